The molecule has 3 heterocycles. The number of hydrogen-bond acceptors (Lipinski definition) is 3. The van der Waals surface area contributed by atoms with E-state index in [9.17, 15) is 0 Å². The third-order valence-electron chi connectivity index (χ3n) is 4.91. The van der Waals surface area contributed by atoms with Gasteiger partial charge in [0.15, 0.2) is 5.76 Å². The Labute approximate surface area is 156 Å². The summed E-state index contributed by atoms with van der Waals surface area (Å²) in [7, 11) is 0. The number of aromatic nitrogens is 3. The molecule has 0 saturated heterocycles. The Hall–Kier alpha value is -3.31. The summed E-state index contributed by atoms with van der Waals surface area (Å²) in [4.78, 5) is 0. The molecule has 0 aliphatic rings. The quantitative estimate of drug-likeness (QED) is 0.438. The lowest BCUT2D eigenvalue weighted by atomic mass is 10.2. The Balaban J connectivity index is 1.26. The third-order valence-corrected chi connectivity index (χ3v) is 4.91. The average molecular weight is 356 g/mol. The van der Waals surface area contributed by atoms with Crippen molar-refractivity contribution in [2.75, 3.05) is 6.54 Å². The van der Waals surface area contributed by atoms with E-state index in [-0.39, 0.29) is 0 Å². The van der Waals surface area contributed by atoms with Crippen LogP contribution in [0.5, 0.6) is 0 Å². The standard InChI is InChI=1S/C22H20N4O/c1-3-7-19-16(5-1)9-11-26(19)12-10-23-14-18-15-24-25-22(18)21-13-17-6-2-4-8-20(17)27-21/h1-9,11,13,15,23H,10,12,14H2,(H,24,25). The van der Waals surface area contributed by atoms with Gasteiger partial charge in [0.25, 0.3) is 0 Å². The number of para-hydroxylation sites is 2. The van der Waals surface area contributed by atoms with Gasteiger partial charge in [0.2, 0.25) is 0 Å². The van der Waals surface area contributed by atoms with Gasteiger partial charge in [-0.05, 0) is 29.7 Å². The van der Waals surface area contributed by atoms with E-state index in [0.717, 1.165) is 47.6 Å². The van der Waals surface area contributed by atoms with Crippen LogP contribution in [0.1, 0.15) is 5.56 Å². The topological polar surface area (TPSA) is 58.8 Å². The molecule has 0 spiro atoms. The maximum absolute atomic E-state index is 5.96. The zero-order valence-corrected chi connectivity index (χ0v) is 14.9. The number of H-pyrrole nitrogens is 1. The smallest absolute Gasteiger partial charge is 0.153 e. The second-order valence-corrected chi connectivity index (χ2v) is 6.66. The van der Waals surface area contributed by atoms with Crippen LogP contribution in [-0.4, -0.2) is 21.3 Å². The molecule has 0 radical (unpaired) electrons. The van der Waals surface area contributed by atoms with Gasteiger partial charge in [-0.3, -0.25) is 5.10 Å². The number of nitrogens with one attached hydrogen (secondary N) is 2. The van der Waals surface area contributed by atoms with Crippen molar-refractivity contribution in [1.29, 1.82) is 0 Å². The van der Waals surface area contributed by atoms with Crippen molar-refractivity contribution in [2.24, 2.45) is 0 Å². The fourth-order valence-corrected chi connectivity index (χ4v) is 3.52. The highest BCUT2D eigenvalue weighted by Crippen LogP contribution is 2.28. The molecule has 2 N–H and O–H groups in total. The number of hydrogen-bond donors (Lipinski definition) is 2. The monoisotopic (exact) mass is 356 g/mol. The predicted molar refractivity (Wildman–Crippen MR) is 107 cm³/mol. The predicted octanol–water partition coefficient (Wildman–Crippen LogP) is 4.57. The van der Waals surface area contributed by atoms with E-state index < -0.39 is 0 Å². The van der Waals surface area contributed by atoms with Crippen molar-refractivity contribution in [2.45, 2.75) is 13.1 Å². The Morgan fingerprint density at radius 1 is 1.00 bits per heavy atom. The summed E-state index contributed by atoms with van der Waals surface area (Å²) in [5, 5.41) is 13.2. The lowest BCUT2D eigenvalue weighted by Crippen LogP contribution is -2.19. The Bertz CT molecular complexity index is 1160. The normalized spacial score (nSPS) is 11.6. The van der Waals surface area contributed by atoms with Crippen molar-refractivity contribution in [3.8, 4) is 11.5 Å². The van der Waals surface area contributed by atoms with E-state index in [4.69, 9.17) is 4.42 Å². The Morgan fingerprint density at radius 3 is 2.78 bits per heavy atom. The average Bonchev–Trinajstić information content (AvgIpc) is 3.42. The molecule has 0 fully saturated rings. The summed E-state index contributed by atoms with van der Waals surface area (Å²) in [6, 6.07) is 20.7. The van der Waals surface area contributed by atoms with Gasteiger partial charge in [-0.2, -0.15) is 5.10 Å². The molecule has 0 amide bonds. The molecule has 5 aromatic rings. The lowest BCUT2D eigenvalue weighted by molar-refractivity contribution is 0.605. The second kappa shape index (κ2) is 6.78. The summed E-state index contributed by atoms with van der Waals surface area (Å²) in [6.07, 6.45) is 4.00. The molecule has 0 saturated carbocycles. The number of furan rings is 1. The zero-order chi connectivity index (χ0) is 18.1. The molecule has 0 aliphatic carbocycles. The van der Waals surface area contributed by atoms with Gasteiger partial charge in [-0.25, -0.2) is 0 Å². The van der Waals surface area contributed by atoms with E-state index in [1.165, 1.54) is 10.9 Å². The highest BCUT2D eigenvalue weighted by molar-refractivity contribution is 5.82. The molecular formula is C22H20N4O. The van der Waals surface area contributed by atoms with Gasteiger partial charge in [0.05, 0.1) is 6.20 Å². The number of nitrogens with zero attached hydrogens (tertiary/aromatic N) is 2. The number of aromatic amines is 1. The number of fused-ring (bicyclic) bond motifs is 2. The van der Waals surface area contributed by atoms with Crippen LogP contribution in [0.25, 0.3) is 33.3 Å². The van der Waals surface area contributed by atoms with Gasteiger partial charge in [-0.1, -0.05) is 36.4 Å². The molecule has 0 bridgehead atoms. The van der Waals surface area contributed by atoms with E-state index in [1.54, 1.807) is 0 Å². The van der Waals surface area contributed by atoms with Crippen molar-refractivity contribution >= 4 is 21.9 Å². The van der Waals surface area contributed by atoms with Crippen molar-refractivity contribution in [3.63, 3.8) is 0 Å². The molecule has 5 rings (SSSR count). The highest BCUT2D eigenvalue weighted by Gasteiger charge is 2.12. The van der Waals surface area contributed by atoms with Gasteiger partial charge >= 0.3 is 0 Å². The first-order valence-electron chi connectivity index (χ1n) is 9.14. The molecule has 5 heteroatoms. The molecule has 5 nitrogen and oxygen atoms in total. The van der Waals surface area contributed by atoms with E-state index in [0.29, 0.717) is 0 Å². The summed E-state index contributed by atoms with van der Waals surface area (Å²) in [5.74, 6) is 0.821. The van der Waals surface area contributed by atoms with Crippen LogP contribution in [0.4, 0.5) is 0 Å². The first-order valence-corrected chi connectivity index (χ1v) is 9.14. The summed E-state index contributed by atoms with van der Waals surface area (Å²) in [6.45, 7) is 2.54. The van der Waals surface area contributed by atoms with Crippen molar-refractivity contribution in [3.05, 3.63) is 78.6 Å². The SMILES string of the molecule is c1ccc2oc(-c3[nH]ncc3CNCCn3ccc4ccccc43)cc2c1. The summed E-state index contributed by atoms with van der Waals surface area (Å²) < 4.78 is 8.24. The maximum Gasteiger partial charge on any atom is 0.153 e. The van der Waals surface area contributed by atoms with Crippen molar-refractivity contribution in [1.82, 2.24) is 20.1 Å². The lowest BCUT2D eigenvalue weighted by Gasteiger charge is -2.07. The van der Waals surface area contributed by atoms with Crippen LogP contribution in [0.2, 0.25) is 0 Å². The van der Waals surface area contributed by atoms with Crippen LogP contribution in [0.3, 0.4) is 0 Å². The van der Waals surface area contributed by atoms with E-state index in [2.05, 4.69) is 68.7 Å². The van der Waals surface area contributed by atoms with Crippen LogP contribution in [-0.2, 0) is 13.1 Å². The third kappa shape index (κ3) is 3.02. The summed E-state index contributed by atoms with van der Waals surface area (Å²) >= 11 is 0. The van der Waals surface area contributed by atoms with Crippen LogP contribution in [0, 0.1) is 0 Å². The molecule has 0 aliphatic heterocycles. The minimum Gasteiger partial charge on any atom is -0.454 e. The molecule has 3 aromatic heterocycles. The minimum absolute atomic E-state index is 0.738. The fraction of sp³-hybridized carbons (Fsp3) is 0.136. The van der Waals surface area contributed by atoms with E-state index in [1.807, 2.05) is 24.4 Å². The summed E-state index contributed by atoms with van der Waals surface area (Å²) in [5.41, 5.74) is 4.20. The van der Waals surface area contributed by atoms with Gasteiger partial charge in [0, 0.05) is 42.3 Å². The van der Waals surface area contributed by atoms with Crippen LogP contribution in [0.15, 0.2) is 77.5 Å². The number of benzene rings is 2. The van der Waals surface area contributed by atoms with Crippen LogP contribution >= 0.6 is 0 Å². The number of rotatable bonds is 6. The van der Waals surface area contributed by atoms with Crippen LogP contribution < -0.4 is 5.32 Å². The highest BCUT2D eigenvalue weighted by atomic mass is 16.3. The fourth-order valence-electron chi connectivity index (χ4n) is 3.52. The largest absolute Gasteiger partial charge is 0.454 e. The Morgan fingerprint density at radius 2 is 1.85 bits per heavy atom. The molecular weight excluding hydrogens is 336 g/mol. The molecule has 2 aromatic carbocycles. The zero-order valence-electron chi connectivity index (χ0n) is 14.9. The Kier molecular flexibility index (Phi) is 3.99. The maximum atomic E-state index is 5.96. The molecule has 0 atom stereocenters. The minimum atomic E-state index is 0.738. The first-order chi connectivity index (χ1) is 13.4. The van der Waals surface area contributed by atoms with Gasteiger partial charge < -0.3 is 14.3 Å². The van der Waals surface area contributed by atoms with Crippen molar-refractivity contribution < 1.29 is 4.42 Å². The molecule has 27 heavy (non-hydrogen) atoms. The van der Waals surface area contributed by atoms with Gasteiger partial charge in [0.1, 0.15) is 11.3 Å². The molecule has 0 unspecified atom stereocenters. The first kappa shape index (κ1) is 15.9. The van der Waals surface area contributed by atoms with Gasteiger partial charge in [-0.15, -0.1) is 0 Å². The second-order valence-electron chi connectivity index (χ2n) is 6.66. The molecule has 134 valence electrons. The van der Waals surface area contributed by atoms with E-state index >= 15 is 0 Å².